The van der Waals surface area contributed by atoms with E-state index in [4.69, 9.17) is 9.47 Å². The van der Waals surface area contributed by atoms with Gasteiger partial charge < -0.3 is 9.47 Å². The Morgan fingerprint density at radius 1 is 0.944 bits per heavy atom. The molecule has 1 atom stereocenters. The maximum Gasteiger partial charge on any atom is 0.0593 e. The van der Waals surface area contributed by atoms with Crippen molar-refractivity contribution in [2.45, 2.75) is 33.6 Å². The van der Waals surface area contributed by atoms with Crippen LogP contribution in [0, 0.1) is 5.92 Å². The Morgan fingerprint density at radius 2 is 1.50 bits per heavy atom. The highest BCUT2D eigenvalue weighted by molar-refractivity contribution is 7.80. The van der Waals surface area contributed by atoms with Gasteiger partial charge in [0.05, 0.1) is 13.2 Å². The molecule has 0 N–H and O–H groups in total. The second-order valence-electron chi connectivity index (χ2n) is 4.64. The van der Waals surface area contributed by atoms with Crippen molar-refractivity contribution in [1.29, 1.82) is 0 Å². The van der Waals surface area contributed by atoms with Crippen LogP contribution in [0.4, 0.5) is 0 Å². The summed E-state index contributed by atoms with van der Waals surface area (Å²) in [6.45, 7) is 12.8. The summed E-state index contributed by atoms with van der Waals surface area (Å²) in [5.41, 5.74) is 0. The first-order chi connectivity index (χ1) is 8.74. The highest BCUT2D eigenvalue weighted by atomic mass is 32.1. The molecule has 0 fully saturated rings. The molecule has 0 aromatic carbocycles. The monoisotopic (exact) mass is 277 g/mol. The van der Waals surface area contributed by atoms with Crippen molar-refractivity contribution in [3.05, 3.63) is 0 Å². The quantitative estimate of drug-likeness (QED) is 0.413. The van der Waals surface area contributed by atoms with E-state index in [9.17, 15) is 0 Å². The summed E-state index contributed by atoms with van der Waals surface area (Å²) in [6, 6.07) is 0. The lowest BCUT2D eigenvalue weighted by Gasteiger charge is -2.23. The summed E-state index contributed by atoms with van der Waals surface area (Å²) < 4.78 is 10.9. The SMILES string of the molecule is CCOCCN(CCOCC)CCC(C)CCS. The second kappa shape index (κ2) is 13.7. The highest BCUT2D eigenvalue weighted by Crippen LogP contribution is 2.09. The molecule has 0 rings (SSSR count). The van der Waals surface area contributed by atoms with Gasteiger partial charge in [-0.3, -0.25) is 4.90 Å². The Labute approximate surface area is 119 Å². The fourth-order valence-electron chi connectivity index (χ4n) is 1.78. The molecule has 0 heterocycles. The maximum atomic E-state index is 5.43. The number of thiol groups is 1. The molecule has 0 radical (unpaired) electrons. The van der Waals surface area contributed by atoms with Crippen LogP contribution in [0.15, 0.2) is 0 Å². The zero-order valence-electron chi connectivity index (χ0n) is 12.4. The van der Waals surface area contributed by atoms with Gasteiger partial charge in [-0.2, -0.15) is 12.6 Å². The average molecular weight is 277 g/mol. The predicted octanol–water partition coefficient (Wildman–Crippen LogP) is 2.71. The van der Waals surface area contributed by atoms with E-state index < -0.39 is 0 Å². The summed E-state index contributed by atoms with van der Waals surface area (Å²) in [4.78, 5) is 2.44. The highest BCUT2D eigenvalue weighted by Gasteiger charge is 2.07. The van der Waals surface area contributed by atoms with E-state index in [0.717, 1.165) is 57.7 Å². The van der Waals surface area contributed by atoms with Gasteiger partial charge in [0.15, 0.2) is 0 Å². The van der Waals surface area contributed by atoms with E-state index >= 15 is 0 Å². The zero-order valence-corrected chi connectivity index (χ0v) is 13.3. The fraction of sp³-hybridized carbons (Fsp3) is 1.00. The second-order valence-corrected chi connectivity index (χ2v) is 5.09. The molecule has 0 bridgehead atoms. The normalized spacial score (nSPS) is 13.2. The number of hydrogen-bond donors (Lipinski definition) is 1. The van der Waals surface area contributed by atoms with E-state index in [1.165, 1.54) is 12.8 Å². The molecule has 110 valence electrons. The van der Waals surface area contributed by atoms with Gasteiger partial charge in [-0.05, 0) is 44.9 Å². The zero-order chi connectivity index (χ0) is 13.6. The Morgan fingerprint density at radius 3 is 1.94 bits per heavy atom. The number of ether oxygens (including phenoxy) is 2. The maximum absolute atomic E-state index is 5.43. The van der Waals surface area contributed by atoms with Crippen molar-refractivity contribution in [2.24, 2.45) is 5.92 Å². The van der Waals surface area contributed by atoms with E-state index in [1.807, 2.05) is 13.8 Å². The van der Waals surface area contributed by atoms with Crippen molar-refractivity contribution < 1.29 is 9.47 Å². The first-order valence-corrected chi connectivity index (χ1v) is 7.86. The minimum absolute atomic E-state index is 0.754. The van der Waals surface area contributed by atoms with E-state index in [2.05, 4.69) is 24.5 Å². The third-order valence-corrected chi connectivity index (χ3v) is 3.33. The first kappa shape index (κ1) is 18.2. The van der Waals surface area contributed by atoms with Crippen molar-refractivity contribution in [1.82, 2.24) is 4.90 Å². The molecule has 0 saturated carbocycles. The molecule has 0 aliphatic heterocycles. The van der Waals surface area contributed by atoms with Gasteiger partial charge in [-0.15, -0.1) is 0 Å². The minimum atomic E-state index is 0.754. The van der Waals surface area contributed by atoms with Crippen LogP contribution in [0.5, 0.6) is 0 Å². The first-order valence-electron chi connectivity index (χ1n) is 7.23. The van der Waals surface area contributed by atoms with Crippen LogP contribution in [-0.2, 0) is 9.47 Å². The van der Waals surface area contributed by atoms with Crippen LogP contribution < -0.4 is 0 Å². The lowest BCUT2D eigenvalue weighted by atomic mass is 10.1. The Kier molecular flexibility index (Phi) is 13.8. The van der Waals surface area contributed by atoms with Crippen LogP contribution in [0.3, 0.4) is 0 Å². The lowest BCUT2D eigenvalue weighted by Crippen LogP contribution is -2.32. The lowest BCUT2D eigenvalue weighted by molar-refractivity contribution is 0.0805. The summed E-state index contributed by atoms with van der Waals surface area (Å²) >= 11 is 4.29. The van der Waals surface area contributed by atoms with Crippen LogP contribution in [0.1, 0.15) is 33.6 Å². The molecule has 18 heavy (non-hydrogen) atoms. The van der Waals surface area contributed by atoms with Gasteiger partial charge in [-0.25, -0.2) is 0 Å². The van der Waals surface area contributed by atoms with Gasteiger partial charge >= 0.3 is 0 Å². The number of hydrogen-bond acceptors (Lipinski definition) is 4. The summed E-state index contributed by atoms with van der Waals surface area (Å²) in [5.74, 6) is 1.74. The smallest absolute Gasteiger partial charge is 0.0593 e. The van der Waals surface area contributed by atoms with Crippen molar-refractivity contribution in [3.8, 4) is 0 Å². The van der Waals surface area contributed by atoms with Gasteiger partial charge in [0.1, 0.15) is 0 Å². The van der Waals surface area contributed by atoms with E-state index in [-0.39, 0.29) is 0 Å². The Bertz CT molecular complexity index is 160. The van der Waals surface area contributed by atoms with Gasteiger partial charge in [0, 0.05) is 26.3 Å². The van der Waals surface area contributed by atoms with Gasteiger partial charge in [0.25, 0.3) is 0 Å². The Hall–Kier alpha value is 0.230. The summed E-state index contributed by atoms with van der Waals surface area (Å²) in [6.07, 6.45) is 2.44. The molecule has 0 saturated heterocycles. The molecule has 1 unspecified atom stereocenters. The van der Waals surface area contributed by atoms with Crippen LogP contribution in [0.25, 0.3) is 0 Å². The average Bonchev–Trinajstić information content (AvgIpc) is 2.36. The van der Waals surface area contributed by atoms with Gasteiger partial charge in [-0.1, -0.05) is 6.92 Å². The van der Waals surface area contributed by atoms with Crippen molar-refractivity contribution >= 4 is 12.6 Å². The third-order valence-electron chi connectivity index (χ3n) is 3.07. The largest absolute Gasteiger partial charge is 0.380 e. The van der Waals surface area contributed by atoms with E-state index in [1.54, 1.807) is 0 Å². The molecule has 0 spiro atoms. The Balaban J connectivity index is 3.79. The van der Waals surface area contributed by atoms with E-state index in [0.29, 0.717) is 0 Å². The predicted molar refractivity (Wildman–Crippen MR) is 81.7 cm³/mol. The third kappa shape index (κ3) is 11.3. The topological polar surface area (TPSA) is 21.7 Å². The standard InChI is InChI=1S/C14H31NO2S/c1-4-16-11-9-15(10-12-17-5-2)8-6-14(3)7-13-18/h14,18H,4-13H2,1-3H3. The minimum Gasteiger partial charge on any atom is -0.380 e. The van der Waals surface area contributed by atoms with Crippen molar-refractivity contribution in [3.63, 3.8) is 0 Å². The fourth-order valence-corrected chi connectivity index (χ4v) is 2.22. The van der Waals surface area contributed by atoms with Crippen LogP contribution in [-0.4, -0.2) is 56.7 Å². The summed E-state index contributed by atoms with van der Waals surface area (Å²) in [7, 11) is 0. The molecular weight excluding hydrogens is 246 g/mol. The molecule has 0 aliphatic rings. The molecular formula is C14H31NO2S. The number of rotatable bonds is 13. The molecule has 3 nitrogen and oxygen atoms in total. The summed E-state index contributed by atoms with van der Waals surface area (Å²) in [5, 5.41) is 0. The van der Waals surface area contributed by atoms with Crippen LogP contribution >= 0.6 is 12.6 Å². The molecule has 0 aromatic heterocycles. The molecule has 4 heteroatoms. The van der Waals surface area contributed by atoms with Gasteiger partial charge in [0.2, 0.25) is 0 Å². The number of nitrogens with zero attached hydrogens (tertiary/aromatic N) is 1. The molecule has 0 aromatic rings. The van der Waals surface area contributed by atoms with Crippen LogP contribution in [0.2, 0.25) is 0 Å². The molecule has 0 aliphatic carbocycles. The molecule has 0 amide bonds. The van der Waals surface area contributed by atoms with Crippen molar-refractivity contribution in [2.75, 3.05) is 51.8 Å².